The summed E-state index contributed by atoms with van der Waals surface area (Å²) in [6.45, 7) is 2.24. The third-order valence-corrected chi connectivity index (χ3v) is 6.61. The molecule has 1 aliphatic carbocycles. The van der Waals surface area contributed by atoms with Crippen LogP contribution in [-0.2, 0) is 0 Å². The predicted octanol–water partition coefficient (Wildman–Crippen LogP) is 4.88. The number of piperidine rings is 1. The number of hydrogen-bond donors (Lipinski definition) is 2. The van der Waals surface area contributed by atoms with E-state index in [-0.39, 0.29) is 5.56 Å². The normalized spacial score (nSPS) is 18.1. The van der Waals surface area contributed by atoms with Crippen molar-refractivity contribution in [3.63, 3.8) is 0 Å². The molecule has 0 bridgehead atoms. The summed E-state index contributed by atoms with van der Waals surface area (Å²) in [4.78, 5) is 24.6. The highest BCUT2D eigenvalue weighted by atomic mass is 16.1. The third kappa shape index (κ3) is 4.40. The molecule has 0 spiro atoms. The van der Waals surface area contributed by atoms with Crippen LogP contribution in [0.5, 0.6) is 0 Å². The van der Waals surface area contributed by atoms with E-state index in [2.05, 4.69) is 44.7 Å². The molecule has 2 aliphatic rings. The Morgan fingerprint density at radius 1 is 0.903 bits per heavy atom. The van der Waals surface area contributed by atoms with Gasteiger partial charge >= 0.3 is 0 Å². The predicted molar refractivity (Wildman–Crippen MR) is 124 cm³/mol. The molecule has 2 fully saturated rings. The molecule has 7 heteroatoms. The molecule has 1 saturated carbocycles. The van der Waals surface area contributed by atoms with Crippen LogP contribution >= 0.6 is 0 Å². The van der Waals surface area contributed by atoms with Crippen LogP contribution < -0.4 is 15.8 Å². The topological polar surface area (TPSA) is 86.8 Å². The number of hydrogen-bond acceptors (Lipinski definition) is 6. The standard InChI is InChI=1S/C24H30N6O/c31-24-21-20(16-25-29-24)27-22(17-8-4-1-2-5-9-17)28-23(21)26-18-10-12-19(13-11-18)30-14-6-3-7-15-30/h10-13,16-17H,1-9,14-15H2,(H,29,31)(H,26,27,28). The van der Waals surface area contributed by atoms with Crippen LogP contribution in [0.25, 0.3) is 10.9 Å². The lowest BCUT2D eigenvalue weighted by atomic mass is 9.99. The molecular formula is C24H30N6O. The summed E-state index contributed by atoms with van der Waals surface area (Å²) < 4.78 is 0. The number of nitrogens with one attached hydrogen (secondary N) is 2. The molecule has 31 heavy (non-hydrogen) atoms. The molecule has 0 unspecified atom stereocenters. The Kier molecular flexibility index (Phi) is 5.82. The lowest BCUT2D eigenvalue weighted by Crippen LogP contribution is -2.29. The van der Waals surface area contributed by atoms with Gasteiger partial charge in [-0.2, -0.15) is 5.10 Å². The van der Waals surface area contributed by atoms with E-state index in [0.717, 1.165) is 37.4 Å². The molecule has 0 amide bonds. The molecule has 162 valence electrons. The lowest BCUT2D eigenvalue weighted by Gasteiger charge is -2.28. The number of fused-ring (bicyclic) bond motifs is 1. The van der Waals surface area contributed by atoms with Crippen LogP contribution in [0.4, 0.5) is 17.2 Å². The van der Waals surface area contributed by atoms with Gasteiger partial charge in [-0.1, -0.05) is 25.7 Å². The number of aromatic nitrogens is 4. The molecule has 1 aliphatic heterocycles. The monoisotopic (exact) mass is 418 g/mol. The molecule has 0 atom stereocenters. The minimum Gasteiger partial charge on any atom is -0.372 e. The second-order valence-corrected chi connectivity index (χ2v) is 8.80. The average molecular weight is 419 g/mol. The highest BCUT2D eigenvalue weighted by molar-refractivity contribution is 5.89. The minimum absolute atomic E-state index is 0.266. The first-order valence-corrected chi connectivity index (χ1v) is 11.7. The van der Waals surface area contributed by atoms with Gasteiger partial charge in [0.15, 0.2) is 0 Å². The van der Waals surface area contributed by atoms with E-state index in [1.807, 2.05) is 0 Å². The second-order valence-electron chi connectivity index (χ2n) is 8.80. The molecule has 2 aromatic heterocycles. The smallest absolute Gasteiger partial charge is 0.277 e. The van der Waals surface area contributed by atoms with Gasteiger partial charge in [0.2, 0.25) is 0 Å². The summed E-state index contributed by atoms with van der Waals surface area (Å²) in [5.74, 6) is 1.74. The van der Waals surface area contributed by atoms with Crippen LogP contribution in [-0.4, -0.2) is 33.3 Å². The zero-order chi connectivity index (χ0) is 21.0. The van der Waals surface area contributed by atoms with Gasteiger partial charge in [-0.15, -0.1) is 0 Å². The van der Waals surface area contributed by atoms with Crippen molar-refractivity contribution >= 4 is 28.1 Å². The van der Waals surface area contributed by atoms with Crippen LogP contribution in [0.3, 0.4) is 0 Å². The van der Waals surface area contributed by atoms with Crippen molar-refractivity contribution < 1.29 is 0 Å². The van der Waals surface area contributed by atoms with Crippen LogP contribution in [0, 0.1) is 0 Å². The van der Waals surface area contributed by atoms with E-state index in [4.69, 9.17) is 9.97 Å². The Balaban J connectivity index is 1.47. The van der Waals surface area contributed by atoms with Crippen molar-refractivity contribution in [2.75, 3.05) is 23.3 Å². The van der Waals surface area contributed by atoms with Gasteiger partial charge in [-0.25, -0.2) is 15.1 Å². The fraction of sp³-hybridized carbons (Fsp3) is 0.500. The fourth-order valence-corrected chi connectivity index (χ4v) is 4.88. The molecule has 7 nitrogen and oxygen atoms in total. The van der Waals surface area contributed by atoms with E-state index in [9.17, 15) is 4.79 Å². The Hall–Kier alpha value is -2.96. The van der Waals surface area contributed by atoms with Crippen molar-refractivity contribution in [3.8, 4) is 0 Å². The van der Waals surface area contributed by atoms with E-state index in [1.165, 1.54) is 50.6 Å². The Labute approximate surface area is 182 Å². The SMILES string of the molecule is O=c1[nH]ncc2nc(C3CCCCCC3)nc(Nc3ccc(N4CCCCC4)cc3)c12. The van der Waals surface area contributed by atoms with Crippen LogP contribution in [0.1, 0.15) is 69.5 Å². The van der Waals surface area contributed by atoms with Crippen molar-refractivity contribution in [1.82, 2.24) is 20.2 Å². The van der Waals surface area contributed by atoms with Gasteiger partial charge in [0.05, 0.1) is 6.20 Å². The summed E-state index contributed by atoms with van der Waals surface area (Å²) in [7, 11) is 0. The second kappa shape index (κ2) is 9.04. The van der Waals surface area contributed by atoms with Gasteiger partial charge in [-0.3, -0.25) is 4.79 Å². The summed E-state index contributed by atoms with van der Waals surface area (Å²) >= 11 is 0. The van der Waals surface area contributed by atoms with E-state index in [0.29, 0.717) is 22.6 Å². The Morgan fingerprint density at radius 2 is 1.61 bits per heavy atom. The molecule has 2 N–H and O–H groups in total. The van der Waals surface area contributed by atoms with Crippen molar-refractivity contribution in [2.45, 2.75) is 63.7 Å². The van der Waals surface area contributed by atoms with Gasteiger partial charge < -0.3 is 10.2 Å². The Morgan fingerprint density at radius 3 is 2.35 bits per heavy atom. The highest BCUT2D eigenvalue weighted by Gasteiger charge is 2.20. The molecular weight excluding hydrogens is 388 g/mol. The quantitative estimate of drug-likeness (QED) is 0.587. The summed E-state index contributed by atoms with van der Waals surface area (Å²) in [5.41, 5.74) is 2.51. The summed E-state index contributed by atoms with van der Waals surface area (Å²) in [5, 5.41) is 10.4. The first kappa shape index (κ1) is 20.0. The first-order valence-electron chi connectivity index (χ1n) is 11.7. The number of nitrogens with zero attached hydrogens (tertiary/aromatic N) is 4. The number of benzene rings is 1. The maximum atomic E-state index is 12.5. The highest BCUT2D eigenvalue weighted by Crippen LogP contribution is 2.32. The molecule has 1 aromatic carbocycles. The fourth-order valence-electron chi connectivity index (χ4n) is 4.88. The third-order valence-electron chi connectivity index (χ3n) is 6.61. The molecule has 0 radical (unpaired) electrons. The zero-order valence-electron chi connectivity index (χ0n) is 17.9. The molecule has 3 heterocycles. The maximum Gasteiger partial charge on any atom is 0.277 e. The van der Waals surface area contributed by atoms with E-state index < -0.39 is 0 Å². The van der Waals surface area contributed by atoms with Gasteiger partial charge in [0.25, 0.3) is 5.56 Å². The van der Waals surface area contributed by atoms with E-state index in [1.54, 1.807) is 6.20 Å². The largest absolute Gasteiger partial charge is 0.372 e. The number of rotatable bonds is 4. The summed E-state index contributed by atoms with van der Waals surface area (Å²) in [6, 6.07) is 8.43. The number of H-pyrrole nitrogens is 1. The first-order chi connectivity index (χ1) is 15.3. The minimum atomic E-state index is -0.266. The molecule has 5 rings (SSSR count). The molecule has 1 saturated heterocycles. The average Bonchev–Trinajstić information content (AvgIpc) is 3.10. The van der Waals surface area contributed by atoms with Crippen molar-refractivity contribution in [3.05, 3.63) is 46.6 Å². The Bertz CT molecular complexity index is 1080. The summed E-state index contributed by atoms with van der Waals surface area (Å²) in [6.07, 6.45) is 12.6. The lowest BCUT2D eigenvalue weighted by molar-refractivity contribution is 0.563. The maximum absolute atomic E-state index is 12.5. The van der Waals surface area contributed by atoms with E-state index >= 15 is 0 Å². The number of anilines is 3. The van der Waals surface area contributed by atoms with Crippen LogP contribution in [0.2, 0.25) is 0 Å². The zero-order valence-corrected chi connectivity index (χ0v) is 17.9. The molecule has 3 aromatic rings. The van der Waals surface area contributed by atoms with Gasteiger partial charge in [0.1, 0.15) is 22.5 Å². The number of aromatic amines is 1. The van der Waals surface area contributed by atoms with Crippen LogP contribution in [0.15, 0.2) is 35.3 Å². The van der Waals surface area contributed by atoms with Gasteiger partial charge in [-0.05, 0) is 56.4 Å². The van der Waals surface area contributed by atoms with Gasteiger partial charge in [0, 0.05) is 30.4 Å². The van der Waals surface area contributed by atoms with Crippen molar-refractivity contribution in [2.24, 2.45) is 0 Å². The van der Waals surface area contributed by atoms with Crippen molar-refractivity contribution in [1.29, 1.82) is 0 Å².